The summed E-state index contributed by atoms with van der Waals surface area (Å²) in [5, 5.41) is 17.4. The molecule has 1 amide bonds. The molecular formula is C11H11N5O4. The Bertz CT molecular complexity index is 667. The van der Waals surface area contributed by atoms with E-state index in [1.54, 1.807) is 6.92 Å². The Morgan fingerprint density at radius 1 is 1.55 bits per heavy atom. The quantitative estimate of drug-likeness (QED) is 0.614. The van der Waals surface area contributed by atoms with E-state index >= 15 is 0 Å². The minimum atomic E-state index is -0.729. The fourth-order valence-electron chi connectivity index (χ4n) is 1.57. The maximum atomic E-state index is 11.0. The van der Waals surface area contributed by atoms with Crippen molar-refractivity contribution in [2.45, 2.75) is 13.5 Å². The van der Waals surface area contributed by atoms with E-state index in [0.717, 1.165) is 6.07 Å². The molecule has 0 fully saturated rings. The molecule has 104 valence electrons. The molecule has 0 bridgehead atoms. The molecule has 0 aliphatic rings. The number of anilines is 1. The van der Waals surface area contributed by atoms with Crippen LogP contribution in [0.5, 0.6) is 0 Å². The van der Waals surface area contributed by atoms with Crippen LogP contribution in [0.15, 0.2) is 22.7 Å². The summed E-state index contributed by atoms with van der Waals surface area (Å²) >= 11 is 0. The van der Waals surface area contributed by atoms with E-state index < -0.39 is 10.8 Å². The molecule has 0 unspecified atom stereocenters. The molecule has 1 aromatic heterocycles. The largest absolute Gasteiger partial charge is 0.371 e. The highest BCUT2D eigenvalue weighted by Gasteiger charge is 2.17. The number of hydrogen-bond acceptors (Lipinski definition) is 7. The first-order valence-corrected chi connectivity index (χ1v) is 5.58. The van der Waals surface area contributed by atoms with Crippen molar-refractivity contribution < 1.29 is 14.2 Å². The van der Waals surface area contributed by atoms with Gasteiger partial charge in [-0.05, 0) is 19.1 Å². The fraction of sp³-hybridized carbons (Fsp3) is 0.182. The summed E-state index contributed by atoms with van der Waals surface area (Å²) in [6.45, 7) is 1.80. The second-order valence-corrected chi connectivity index (χ2v) is 3.94. The molecule has 3 N–H and O–H groups in total. The predicted octanol–water partition coefficient (Wildman–Crippen LogP) is 0.997. The van der Waals surface area contributed by atoms with Gasteiger partial charge in [0.1, 0.15) is 5.69 Å². The zero-order valence-electron chi connectivity index (χ0n) is 10.5. The molecule has 0 atom stereocenters. The SMILES string of the molecule is Cc1noc(CNc2ccc(C(N)=O)cc2[N+](=O)[O-])n1. The Labute approximate surface area is 112 Å². The van der Waals surface area contributed by atoms with Gasteiger partial charge in [0.05, 0.1) is 11.5 Å². The highest BCUT2D eigenvalue weighted by molar-refractivity contribution is 5.94. The monoisotopic (exact) mass is 277 g/mol. The Hall–Kier alpha value is -2.97. The average Bonchev–Trinajstić information content (AvgIpc) is 2.81. The number of nitrogens with one attached hydrogen (secondary N) is 1. The van der Waals surface area contributed by atoms with Crippen molar-refractivity contribution in [1.29, 1.82) is 0 Å². The van der Waals surface area contributed by atoms with E-state index in [2.05, 4.69) is 15.5 Å². The molecule has 1 heterocycles. The van der Waals surface area contributed by atoms with Gasteiger partial charge in [0.15, 0.2) is 5.82 Å². The van der Waals surface area contributed by atoms with Crippen molar-refractivity contribution in [3.8, 4) is 0 Å². The number of aromatic nitrogens is 2. The number of nitrogens with zero attached hydrogens (tertiary/aromatic N) is 3. The summed E-state index contributed by atoms with van der Waals surface area (Å²) in [5.41, 5.74) is 5.13. The van der Waals surface area contributed by atoms with Gasteiger partial charge in [0.25, 0.3) is 5.69 Å². The van der Waals surface area contributed by atoms with E-state index in [-0.39, 0.29) is 23.5 Å². The second kappa shape index (κ2) is 5.34. The molecule has 0 radical (unpaired) electrons. The number of aryl methyl sites for hydroxylation is 1. The van der Waals surface area contributed by atoms with Gasteiger partial charge >= 0.3 is 0 Å². The highest BCUT2D eigenvalue weighted by Crippen LogP contribution is 2.25. The smallest absolute Gasteiger partial charge is 0.293 e. The average molecular weight is 277 g/mol. The maximum Gasteiger partial charge on any atom is 0.293 e. The lowest BCUT2D eigenvalue weighted by Crippen LogP contribution is -2.12. The minimum Gasteiger partial charge on any atom is -0.371 e. The Balaban J connectivity index is 2.22. The number of carbonyl (C=O) groups excluding carboxylic acids is 1. The standard InChI is InChI=1S/C11H11N5O4/c1-6-14-10(20-15-6)5-13-8-3-2-7(11(12)17)4-9(8)16(18)19/h2-4,13H,5H2,1H3,(H2,12,17). The zero-order valence-corrected chi connectivity index (χ0v) is 10.5. The molecule has 1 aromatic carbocycles. The Morgan fingerprint density at radius 3 is 2.85 bits per heavy atom. The fourth-order valence-corrected chi connectivity index (χ4v) is 1.57. The number of nitro groups is 1. The van der Waals surface area contributed by atoms with Gasteiger partial charge < -0.3 is 15.6 Å². The highest BCUT2D eigenvalue weighted by atomic mass is 16.6. The summed E-state index contributed by atoms with van der Waals surface area (Å²) < 4.78 is 4.88. The van der Waals surface area contributed by atoms with Gasteiger partial charge in [-0.25, -0.2) is 0 Å². The van der Waals surface area contributed by atoms with Crippen molar-refractivity contribution in [3.63, 3.8) is 0 Å². The summed E-state index contributed by atoms with van der Waals surface area (Å²) in [5.74, 6) is 0.0447. The van der Waals surface area contributed by atoms with Crippen LogP contribution in [0.4, 0.5) is 11.4 Å². The first kappa shape index (κ1) is 13.5. The molecule has 0 aliphatic heterocycles. The summed E-state index contributed by atoms with van der Waals surface area (Å²) in [4.78, 5) is 25.3. The van der Waals surface area contributed by atoms with Crippen LogP contribution in [0.3, 0.4) is 0 Å². The second-order valence-electron chi connectivity index (χ2n) is 3.94. The van der Waals surface area contributed by atoms with E-state index in [1.165, 1.54) is 12.1 Å². The van der Waals surface area contributed by atoms with Crippen LogP contribution in [0.25, 0.3) is 0 Å². The lowest BCUT2D eigenvalue weighted by atomic mass is 10.1. The van der Waals surface area contributed by atoms with Crippen molar-refractivity contribution in [2.24, 2.45) is 5.73 Å². The number of amides is 1. The molecule has 20 heavy (non-hydrogen) atoms. The van der Waals surface area contributed by atoms with Crippen LogP contribution >= 0.6 is 0 Å². The minimum absolute atomic E-state index is 0.0656. The zero-order chi connectivity index (χ0) is 14.7. The van der Waals surface area contributed by atoms with Crippen molar-refractivity contribution in [3.05, 3.63) is 45.6 Å². The van der Waals surface area contributed by atoms with E-state index in [0.29, 0.717) is 11.7 Å². The van der Waals surface area contributed by atoms with Crippen LogP contribution in [0, 0.1) is 17.0 Å². The van der Waals surface area contributed by atoms with Crippen molar-refractivity contribution in [1.82, 2.24) is 10.1 Å². The molecule has 0 aliphatic carbocycles. The predicted molar refractivity (Wildman–Crippen MR) is 68.0 cm³/mol. The molecule has 9 heteroatoms. The normalized spacial score (nSPS) is 10.2. The number of primary amides is 1. The lowest BCUT2D eigenvalue weighted by Gasteiger charge is -2.05. The number of nitrogens with two attached hydrogens (primary N) is 1. The number of nitro benzene ring substituents is 1. The lowest BCUT2D eigenvalue weighted by molar-refractivity contribution is -0.384. The van der Waals surface area contributed by atoms with Crippen molar-refractivity contribution in [2.75, 3.05) is 5.32 Å². The molecular weight excluding hydrogens is 266 g/mol. The van der Waals surface area contributed by atoms with Gasteiger partial charge in [-0.3, -0.25) is 14.9 Å². The third-order valence-corrected chi connectivity index (χ3v) is 2.48. The molecule has 2 rings (SSSR count). The maximum absolute atomic E-state index is 11.0. The van der Waals surface area contributed by atoms with Crippen LogP contribution < -0.4 is 11.1 Å². The topological polar surface area (TPSA) is 137 Å². The van der Waals surface area contributed by atoms with Gasteiger partial charge in [0, 0.05) is 11.6 Å². The first-order chi connectivity index (χ1) is 9.47. The van der Waals surface area contributed by atoms with E-state index in [1.807, 2.05) is 0 Å². The molecule has 0 saturated carbocycles. The number of benzene rings is 1. The number of carbonyl (C=O) groups is 1. The first-order valence-electron chi connectivity index (χ1n) is 5.58. The Kier molecular flexibility index (Phi) is 3.60. The van der Waals surface area contributed by atoms with Crippen molar-refractivity contribution >= 4 is 17.3 Å². The molecule has 9 nitrogen and oxygen atoms in total. The van der Waals surface area contributed by atoms with E-state index in [9.17, 15) is 14.9 Å². The number of hydrogen-bond donors (Lipinski definition) is 2. The summed E-state index contributed by atoms with van der Waals surface area (Å²) in [7, 11) is 0. The van der Waals surface area contributed by atoms with Gasteiger partial charge in [-0.1, -0.05) is 5.16 Å². The summed E-state index contributed by atoms with van der Waals surface area (Å²) in [6, 6.07) is 3.92. The van der Waals surface area contributed by atoms with Gasteiger partial charge in [-0.15, -0.1) is 0 Å². The molecule has 0 saturated heterocycles. The third-order valence-electron chi connectivity index (χ3n) is 2.48. The summed E-state index contributed by atoms with van der Waals surface area (Å²) in [6.07, 6.45) is 0. The Morgan fingerprint density at radius 2 is 2.30 bits per heavy atom. The van der Waals surface area contributed by atoms with Crippen LogP contribution in [-0.2, 0) is 6.54 Å². The molecule has 0 spiro atoms. The number of rotatable bonds is 5. The van der Waals surface area contributed by atoms with Crippen LogP contribution in [-0.4, -0.2) is 21.0 Å². The molecule has 2 aromatic rings. The van der Waals surface area contributed by atoms with Crippen LogP contribution in [0.1, 0.15) is 22.1 Å². The van der Waals surface area contributed by atoms with Crippen LogP contribution in [0.2, 0.25) is 0 Å². The van der Waals surface area contributed by atoms with Gasteiger partial charge in [-0.2, -0.15) is 4.98 Å². The van der Waals surface area contributed by atoms with Gasteiger partial charge in [0.2, 0.25) is 11.8 Å². The van der Waals surface area contributed by atoms with E-state index in [4.69, 9.17) is 10.3 Å². The third kappa shape index (κ3) is 2.88.